The molecule has 1 aromatic rings. The van der Waals surface area contributed by atoms with Gasteiger partial charge >= 0.3 is 0 Å². The summed E-state index contributed by atoms with van der Waals surface area (Å²) in [6, 6.07) is 7.99. The van der Waals surface area contributed by atoms with Gasteiger partial charge in [0.1, 0.15) is 5.75 Å². The van der Waals surface area contributed by atoms with Crippen LogP contribution < -0.4 is 16.2 Å². The van der Waals surface area contributed by atoms with Crippen molar-refractivity contribution in [2.75, 3.05) is 12.9 Å². The van der Waals surface area contributed by atoms with Gasteiger partial charge in [-0.2, -0.15) is 0 Å². The maximum Gasteiger partial charge on any atom is 0.237 e. The topological polar surface area (TPSA) is 78.3 Å². The van der Waals surface area contributed by atoms with Crippen molar-refractivity contribution in [3.63, 3.8) is 0 Å². The summed E-state index contributed by atoms with van der Waals surface area (Å²) in [5.41, 5.74) is 10.8. The van der Waals surface area contributed by atoms with Crippen LogP contribution in [0.2, 0.25) is 0 Å². The molecule has 0 bridgehead atoms. The first kappa shape index (κ1) is 15.2. The predicted octanol–water partition coefficient (Wildman–Crippen LogP) is 2.16. The van der Waals surface area contributed by atoms with Gasteiger partial charge in [-0.1, -0.05) is 12.5 Å². The lowest BCUT2D eigenvalue weighted by Gasteiger charge is -2.27. The SMILES string of the molecule is COc1cccc(SCCC2CCCC2(N)C(N)=O)c1. The minimum atomic E-state index is -0.797. The summed E-state index contributed by atoms with van der Waals surface area (Å²) in [7, 11) is 1.66. The van der Waals surface area contributed by atoms with Crippen molar-refractivity contribution >= 4 is 17.7 Å². The summed E-state index contributed by atoms with van der Waals surface area (Å²) in [6.45, 7) is 0. The number of hydrogen-bond acceptors (Lipinski definition) is 4. The molecule has 0 saturated heterocycles. The first-order valence-electron chi connectivity index (χ1n) is 6.92. The van der Waals surface area contributed by atoms with Crippen LogP contribution in [0.1, 0.15) is 25.7 Å². The predicted molar refractivity (Wildman–Crippen MR) is 81.8 cm³/mol. The minimum absolute atomic E-state index is 0.207. The summed E-state index contributed by atoms with van der Waals surface area (Å²) >= 11 is 1.76. The average Bonchev–Trinajstić information content (AvgIpc) is 2.82. The Balaban J connectivity index is 1.88. The van der Waals surface area contributed by atoms with Gasteiger partial charge in [0, 0.05) is 4.90 Å². The molecule has 1 fully saturated rings. The van der Waals surface area contributed by atoms with E-state index in [2.05, 4.69) is 6.07 Å². The van der Waals surface area contributed by atoms with Crippen molar-refractivity contribution in [2.24, 2.45) is 17.4 Å². The van der Waals surface area contributed by atoms with Gasteiger partial charge in [-0.3, -0.25) is 4.79 Å². The van der Waals surface area contributed by atoms with Crippen LogP contribution in [0.4, 0.5) is 0 Å². The maximum atomic E-state index is 11.5. The van der Waals surface area contributed by atoms with E-state index in [0.29, 0.717) is 0 Å². The van der Waals surface area contributed by atoms with Crippen LogP contribution in [0.5, 0.6) is 5.75 Å². The first-order chi connectivity index (χ1) is 9.56. The average molecular weight is 294 g/mol. The second-order valence-corrected chi connectivity index (χ2v) is 6.48. The van der Waals surface area contributed by atoms with Crippen LogP contribution in [0.25, 0.3) is 0 Å². The van der Waals surface area contributed by atoms with Gasteiger partial charge in [-0.05, 0) is 49.1 Å². The zero-order chi connectivity index (χ0) is 14.6. The van der Waals surface area contributed by atoms with Crippen molar-refractivity contribution in [2.45, 2.75) is 36.1 Å². The first-order valence-corrected chi connectivity index (χ1v) is 7.90. The standard InChI is InChI=1S/C15H22N2O2S/c1-19-12-5-2-6-13(10-12)20-9-7-11-4-3-8-15(11,17)14(16)18/h2,5-6,10-11H,3-4,7-9,17H2,1H3,(H2,16,18). The van der Waals surface area contributed by atoms with Crippen LogP contribution in [0, 0.1) is 5.92 Å². The van der Waals surface area contributed by atoms with E-state index in [1.807, 2.05) is 18.2 Å². The number of methoxy groups -OCH3 is 1. The number of ether oxygens (including phenoxy) is 1. The molecule has 0 aliphatic heterocycles. The molecule has 2 unspecified atom stereocenters. The van der Waals surface area contributed by atoms with E-state index < -0.39 is 5.54 Å². The third-order valence-electron chi connectivity index (χ3n) is 4.11. The van der Waals surface area contributed by atoms with Crippen molar-refractivity contribution in [3.8, 4) is 5.75 Å². The highest BCUT2D eigenvalue weighted by molar-refractivity contribution is 7.99. The Morgan fingerprint density at radius 3 is 3.05 bits per heavy atom. The van der Waals surface area contributed by atoms with Crippen molar-refractivity contribution in [3.05, 3.63) is 24.3 Å². The van der Waals surface area contributed by atoms with E-state index in [1.54, 1.807) is 18.9 Å². The smallest absolute Gasteiger partial charge is 0.237 e. The fraction of sp³-hybridized carbons (Fsp3) is 0.533. The number of nitrogens with two attached hydrogens (primary N) is 2. The highest BCUT2D eigenvalue weighted by Crippen LogP contribution is 2.37. The number of rotatable bonds is 6. The highest BCUT2D eigenvalue weighted by atomic mass is 32.2. The molecule has 4 nitrogen and oxygen atoms in total. The summed E-state index contributed by atoms with van der Waals surface area (Å²) < 4.78 is 5.20. The van der Waals surface area contributed by atoms with Crippen molar-refractivity contribution in [1.82, 2.24) is 0 Å². The van der Waals surface area contributed by atoms with Crippen molar-refractivity contribution in [1.29, 1.82) is 0 Å². The number of primary amides is 1. The molecule has 0 heterocycles. The molecule has 2 rings (SSSR count). The van der Waals surface area contributed by atoms with Crippen molar-refractivity contribution < 1.29 is 9.53 Å². The Hall–Kier alpha value is -1.20. The normalized spacial score (nSPS) is 25.6. The van der Waals surface area contributed by atoms with Crippen LogP contribution in [-0.4, -0.2) is 24.3 Å². The Morgan fingerprint density at radius 2 is 2.35 bits per heavy atom. The van der Waals surface area contributed by atoms with Gasteiger partial charge in [0.05, 0.1) is 12.6 Å². The lowest BCUT2D eigenvalue weighted by molar-refractivity contribution is -0.124. The lowest BCUT2D eigenvalue weighted by Crippen LogP contribution is -2.54. The van der Waals surface area contributed by atoms with Gasteiger partial charge in [0.25, 0.3) is 0 Å². The fourth-order valence-electron chi connectivity index (χ4n) is 2.84. The Kier molecular flexibility index (Phi) is 4.94. The third-order valence-corrected chi connectivity index (χ3v) is 5.13. The third kappa shape index (κ3) is 3.27. The maximum absolute atomic E-state index is 11.5. The van der Waals surface area contributed by atoms with E-state index in [1.165, 1.54) is 4.90 Å². The number of carbonyl (C=O) groups excluding carboxylic acids is 1. The molecule has 1 aromatic carbocycles. The Morgan fingerprint density at radius 1 is 1.55 bits per heavy atom. The molecule has 20 heavy (non-hydrogen) atoms. The summed E-state index contributed by atoms with van der Waals surface area (Å²) in [6.07, 6.45) is 3.63. The number of hydrogen-bond donors (Lipinski definition) is 2. The zero-order valence-corrected chi connectivity index (χ0v) is 12.6. The van der Waals surface area contributed by atoms with Gasteiger partial charge in [0.2, 0.25) is 5.91 Å². The van der Waals surface area contributed by atoms with Gasteiger partial charge in [-0.15, -0.1) is 11.8 Å². The molecular formula is C15H22N2O2S. The number of benzene rings is 1. The van der Waals surface area contributed by atoms with E-state index >= 15 is 0 Å². The summed E-state index contributed by atoms with van der Waals surface area (Å²) in [5.74, 6) is 1.65. The second-order valence-electron chi connectivity index (χ2n) is 5.31. The monoisotopic (exact) mass is 294 g/mol. The molecule has 0 radical (unpaired) electrons. The second kappa shape index (κ2) is 6.50. The minimum Gasteiger partial charge on any atom is -0.497 e. The van der Waals surface area contributed by atoms with Gasteiger partial charge in [-0.25, -0.2) is 0 Å². The molecule has 1 aliphatic carbocycles. The summed E-state index contributed by atoms with van der Waals surface area (Å²) in [5, 5.41) is 0. The van der Waals surface area contributed by atoms with Crippen LogP contribution in [0.15, 0.2) is 29.2 Å². The molecule has 1 amide bonds. The van der Waals surface area contributed by atoms with E-state index in [9.17, 15) is 4.79 Å². The van der Waals surface area contributed by atoms with E-state index in [-0.39, 0.29) is 11.8 Å². The zero-order valence-electron chi connectivity index (χ0n) is 11.8. The van der Waals surface area contributed by atoms with Gasteiger partial charge in [0.15, 0.2) is 0 Å². The van der Waals surface area contributed by atoms with E-state index in [0.717, 1.165) is 37.2 Å². The largest absolute Gasteiger partial charge is 0.497 e. The quantitative estimate of drug-likeness (QED) is 0.788. The number of thioether (sulfide) groups is 1. The lowest BCUT2D eigenvalue weighted by atomic mass is 9.85. The molecule has 0 aromatic heterocycles. The Bertz CT molecular complexity index is 481. The molecule has 4 N–H and O–H groups in total. The van der Waals surface area contributed by atoms with Crippen LogP contribution in [0.3, 0.4) is 0 Å². The fourth-order valence-corrected chi connectivity index (χ4v) is 3.85. The molecule has 2 atom stereocenters. The van der Waals surface area contributed by atoms with E-state index in [4.69, 9.17) is 16.2 Å². The molecule has 5 heteroatoms. The summed E-state index contributed by atoms with van der Waals surface area (Å²) in [4.78, 5) is 12.7. The molecule has 0 spiro atoms. The Labute approximate surface area is 124 Å². The van der Waals surface area contributed by atoms with Crippen LogP contribution >= 0.6 is 11.8 Å². The number of carbonyl (C=O) groups is 1. The molecule has 110 valence electrons. The highest BCUT2D eigenvalue weighted by Gasteiger charge is 2.43. The van der Waals surface area contributed by atoms with Crippen LogP contribution in [-0.2, 0) is 4.79 Å². The molecular weight excluding hydrogens is 272 g/mol. The molecule has 1 saturated carbocycles. The number of amides is 1. The molecule has 1 aliphatic rings. The van der Waals surface area contributed by atoms with Gasteiger partial charge < -0.3 is 16.2 Å².